The van der Waals surface area contributed by atoms with Crippen molar-refractivity contribution in [2.45, 2.75) is 32.5 Å². The molecule has 1 saturated heterocycles. The lowest BCUT2D eigenvalue weighted by molar-refractivity contribution is 0.0250. The van der Waals surface area contributed by atoms with Gasteiger partial charge in [-0.05, 0) is 43.5 Å². The van der Waals surface area contributed by atoms with Gasteiger partial charge in [-0.25, -0.2) is 9.97 Å². The number of aryl methyl sites for hydroxylation is 1. The van der Waals surface area contributed by atoms with E-state index in [9.17, 15) is 0 Å². The molecule has 0 radical (unpaired) electrons. The van der Waals surface area contributed by atoms with Gasteiger partial charge in [-0.3, -0.25) is 0 Å². The van der Waals surface area contributed by atoms with Crippen LogP contribution in [-0.2, 0) is 11.3 Å². The molecule has 6 heteroatoms. The van der Waals surface area contributed by atoms with Crippen LogP contribution < -0.4 is 4.90 Å². The van der Waals surface area contributed by atoms with Gasteiger partial charge in [-0.15, -0.1) is 0 Å². The maximum atomic E-state index is 6.03. The monoisotopic (exact) mass is 351 g/mol. The molecular formula is C17H19Cl2N3O. The van der Waals surface area contributed by atoms with Crippen LogP contribution in [0.2, 0.25) is 10.0 Å². The summed E-state index contributed by atoms with van der Waals surface area (Å²) >= 11 is 12.0. The van der Waals surface area contributed by atoms with Crippen molar-refractivity contribution in [1.29, 1.82) is 0 Å². The van der Waals surface area contributed by atoms with Gasteiger partial charge in [0.25, 0.3) is 0 Å². The maximum Gasteiger partial charge on any atom is 0.225 e. The molecule has 1 aliphatic heterocycles. The van der Waals surface area contributed by atoms with Crippen LogP contribution in [0.4, 0.5) is 5.95 Å². The molecule has 0 atom stereocenters. The van der Waals surface area contributed by atoms with Crippen molar-refractivity contribution in [2.75, 3.05) is 18.0 Å². The largest absolute Gasteiger partial charge is 0.373 e. The minimum atomic E-state index is 0.255. The lowest BCUT2D eigenvalue weighted by Gasteiger charge is -2.32. The summed E-state index contributed by atoms with van der Waals surface area (Å²) < 4.78 is 6.00. The van der Waals surface area contributed by atoms with Crippen LogP contribution in [0.3, 0.4) is 0 Å². The second-order valence-corrected chi connectivity index (χ2v) is 6.56. The Morgan fingerprint density at radius 1 is 1.17 bits per heavy atom. The molecule has 122 valence electrons. The molecule has 2 heterocycles. The molecule has 1 aromatic carbocycles. The molecule has 4 nitrogen and oxygen atoms in total. The molecule has 23 heavy (non-hydrogen) atoms. The van der Waals surface area contributed by atoms with Gasteiger partial charge in [-0.2, -0.15) is 0 Å². The maximum absolute atomic E-state index is 6.03. The molecule has 0 unspecified atom stereocenters. The van der Waals surface area contributed by atoms with E-state index in [1.165, 1.54) is 0 Å². The van der Waals surface area contributed by atoms with Crippen molar-refractivity contribution in [1.82, 2.24) is 9.97 Å². The van der Waals surface area contributed by atoms with E-state index in [1.807, 2.05) is 31.3 Å². The number of ether oxygens (including phenoxy) is 1. The Balaban J connectivity index is 1.50. The van der Waals surface area contributed by atoms with E-state index >= 15 is 0 Å². The highest BCUT2D eigenvalue weighted by molar-refractivity contribution is 6.42. The van der Waals surface area contributed by atoms with Crippen LogP contribution in [0, 0.1) is 6.92 Å². The van der Waals surface area contributed by atoms with Gasteiger partial charge in [0.1, 0.15) is 0 Å². The summed E-state index contributed by atoms with van der Waals surface area (Å²) in [5, 5.41) is 1.14. The third-order valence-electron chi connectivity index (χ3n) is 3.98. The Morgan fingerprint density at radius 3 is 2.65 bits per heavy atom. The van der Waals surface area contributed by atoms with Crippen LogP contribution in [0.15, 0.2) is 30.5 Å². The smallest absolute Gasteiger partial charge is 0.225 e. The first-order valence-corrected chi connectivity index (χ1v) is 8.47. The van der Waals surface area contributed by atoms with E-state index in [1.54, 1.807) is 6.07 Å². The third kappa shape index (κ3) is 4.34. The molecule has 3 rings (SSSR count). The number of aromatic nitrogens is 2. The summed E-state index contributed by atoms with van der Waals surface area (Å²) in [6.45, 7) is 4.37. The average Bonchev–Trinajstić information content (AvgIpc) is 2.56. The highest BCUT2D eigenvalue weighted by atomic mass is 35.5. The number of rotatable bonds is 4. The van der Waals surface area contributed by atoms with E-state index in [0.29, 0.717) is 16.7 Å². The Bertz CT molecular complexity index is 673. The van der Waals surface area contributed by atoms with E-state index in [-0.39, 0.29) is 6.10 Å². The highest BCUT2D eigenvalue weighted by Gasteiger charge is 2.21. The molecule has 1 fully saturated rings. The van der Waals surface area contributed by atoms with Gasteiger partial charge < -0.3 is 9.64 Å². The summed E-state index contributed by atoms with van der Waals surface area (Å²) in [6.07, 6.45) is 4.01. The number of anilines is 1. The lowest BCUT2D eigenvalue weighted by Crippen LogP contribution is -2.38. The predicted molar refractivity (Wildman–Crippen MR) is 93.3 cm³/mol. The molecule has 0 spiro atoms. The Hall–Kier alpha value is -1.36. The Morgan fingerprint density at radius 2 is 1.96 bits per heavy atom. The molecular weight excluding hydrogens is 333 g/mol. The van der Waals surface area contributed by atoms with Crippen molar-refractivity contribution < 1.29 is 4.74 Å². The molecule has 0 aliphatic carbocycles. The normalized spacial score (nSPS) is 15.9. The van der Waals surface area contributed by atoms with E-state index in [0.717, 1.165) is 43.1 Å². The number of halogens is 2. The summed E-state index contributed by atoms with van der Waals surface area (Å²) in [5.41, 5.74) is 2.04. The number of benzene rings is 1. The summed E-state index contributed by atoms with van der Waals surface area (Å²) in [7, 11) is 0. The molecule has 0 saturated carbocycles. The first kappa shape index (κ1) is 16.5. The second kappa shape index (κ2) is 7.47. The SMILES string of the molecule is Cc1ccnc(N2CCC(OCc3ccc(Cl)c(Cl)c3)CC2)n1. The van der Waals surface area contributed by atoms with E-state index in [4.69, 9.17) is 27.9 Å². The van der Waals surface area contributed by atoms with Gasteiger partial charge in [-0.1, -0.05) is 29.3 Å². The van der Waals surface area contributed by atoms with Crippen LogP contribution in [0.5, 0.6) is 0 Å². The number of hydrogen-bond acceptors (Lipinski definition) is 4. The van der Waals surface area contributed by atoms with Crippen LogP contribution >= 0.6 is 23.2 Å². The van der Waals surface area contributed by atoms with Gasteiger partial charge in [0.15, 0.2) is 0 Å². The van der Waals surface area contributed by atoms with Crippen molar-refractivity contribution in [3.05, 3.63) is 51.8 Å². The number of nitrogens with zero attached hydrogens (tertiary/aromatic N) is 3. The first-order chi connectivity index (χ1) is 11.1. The zero-order valence-corrected chi connectivity index (χ0v) is 14.5. The summed E-state index contributed by atoms with van der Waals surface area (Å²) in [4.78, 5) is 11.0. The van der Waals surface area contributed by atoms with Gasteiger partial charge in [0, 0.05) is 25.0 Å². The van der Waals surface area contributed by atoms with Crippen LogP contribution in [0.1, 0.15) is 24.1 Å². The minimum absolute atomic E-state index is 0.255. The molecule has 1 aromatic heterocycles. The van der Waals surface area contributed by atoms with Gasteiger partial charge in [0.2, 0.25) is 5.95 Å². The Labute approximate surface area is 146 Å². The molecule has 1 aliphatic rings. The lowest BCUT2D eigenvalue weighted by atomic mass is 10.1. The van der Waals surface area contributed by atoms with Crippen molar-refractivity contribution in [2.24, 2.45) is 0 Å². The molecule has 0 N–H and O–H groups in total. The molecule has 2 aromatic rings. The first-order valence-electron chi connectivity index (χ1n) is 7.72. The van der Waals surface area contributed by atoms with Crippen molar-refractivity contribution in [3.8, 4) is 0 Å². The zero-order valence-electron chi connectivity index (χ0n) is 13.0. The van der Waals surface area contributed by atoms with Gasteiger partial charge in [0.05, 0.1) is 22.8 Å². The number of hydrogen-bond donors (Lipinski definition) is 0. The molecule has 0 amide bonds. The van der Waals surface area contributed by atoms with Crippen molar-refractivity contribution in [3.63, 3.8) is 0 Å². The third-order valence-corrected chi connectivity index (χ3v) is 4.72. The topological polar surface area (TPSA) is 38.2 Å². The quantitative estimate of drug-likeness (QED) is 0.823. The molecule has 0 bridgehead atoms. The second-order valence-electron chi connectivity index (χ2n) is 5.74. The minimum Gasteiger partial charge on any atom is -0.373 e. The van der Waals surface area contributed by atoms with Gasteiger partial charge >= 0.3 is 0 Å². The highest BCUT2D eigenvalue weighted by Crippen LogP contribution is 2.24. The average molecular weight is 352 g/mol. The van der Waals surface area contributed by atoms with Crippen LogP contribution in [0.25, 0.3) is 0 Å². The Kier molecular flexibility index (Phi) is 5.36. The van der Waals surface area contributed by atoms with E-state index < -0.39 is 0 Å². The fraction of sp³-hybridized carbons (Fsp3) is 0.412. The van der Waals surface area contributed by atoms with Crippen LogP contribution in [-0.4, -0.2) is 29.2 Å². The van der Waals surface area contributed by atoms with Crippen molar-refractivity contribution >= 4 is 29.2 Å². The zero-order chi connectivity index (χ0) is 16.2. The fourth-order valence-corrected chi connectivity index (χ4v) is 2.97. The van der Waals surface area contributed by atoms with E-state index in [2.05, 4.69) is 14.9 Å². The number of piperidine rings is 1. The summed E-state index contributed by atoms with van der Waals surface area (Å²) in [6, 6.07) is 7.53. The summed E-state index contributed by atoms with van der Waals surface area (Å²) in [5.74, 6) is 0.813. The predicted octanol–water partition coefficient (Wildman–Crippen LogP) is 4.28. The standard InChI is InChI=1S/C17H19Cl2N3O/c1-12-4-7-20-17(21-12)22-8-5-14(6-9-22)23-11-13-2-3-15(18)16(19)10-13/h2-4,7,10,14H,5-6,8-9,11H2,1H3. The fourth-order valence-electron chi connectivity index (χ4n) is 2.65.